The van der Waals surface area contributed by atoms with Gasteiger partial charge in [0, 0.05) is 25.3 Å². The summed E-state index contributed by atoms with van der Waals surface area (Å²) in [5, 5.41) is 9.00. The third-order valence-electron chi connectivity index (χ3n) is 3.09. The maximum atomic E-state index is 11.0. The molecule has 2 heterocycles. The third kappa shape index (κ3) is 1.90. The van der Waals surface area contributed by atoms with Crippen molar-refractivity contribution in [1.29, 1.82) is 0 Å². The van der Waals surface area contributed by atoms with Crippen LogP contribution in [0, 0.1) is 0 Å². The minimum Gasteiger partial charge on any atom is -0.477 e. The molecular weight excluding hydrogens is 192 g/mol. The molecule has 1 N–H and O–H groups in total. The van der Waals surface area contributed by atoms with Crippen molar-refractivity contribution in [3.63, 3.8) is 0 Å². The molecule has 0 aromatic carbocycles. The van der Waals surface area contributed by atoms with E-state index in [1.807, 2.05) is 10.8 Å². The van der Waals surface area contributed by atoms with Crippen LogP contribution in [0.15, 0.2) is 18.3 Å². The van der Waals surface area contributed by atoms with Gasteiger partial charge in [-0.3, -0.25) is 0 Å². The number of carboxylic acids is 1. The normalized spacial score (nSPS) is 22.1. The number of carbonyl (C=O) groups is 1. The van der Waals surface area contributed by atoms with Gasteiger partial charge in [0.05, 0.1) is 0 Å². The summed E-state index contributed by atoms with van der Waals surface area (Å²) < 4.78 is 1.89. The largest absolute Gasteiger partial charge is 0.477 e. The highest BCUT2D eigenvalue weighted by Gasteiger charge is 2.24. The molecule has 1 fully saturated rings. The van der Waals surface area contributed by atoms with Crippen LogP contribution in [-0.4, -0.2) is 40.2 Å². The standard InChI is InChI=1S/C11H16N2O2/c1-2-12-7-5-9(8-12)13-6-3-4-10(13)11(14)15/h3-4,6,9H,2,5,7-8H2,1H3,(H,14,15). The fourth-order valence-electron chi connectivity index (χ4n) is 2.22. The molecule has 1 aliphatic heterocycles. The fraction of sp³-hybridized carbons (Fsp3) is 0.545. The van der Waals surface area contributed by atoms with E-state index in [0.29, 0.717) is 11.7 Å². The Labute approximate surface area is 89.1 Å². The smallest absolute Gasteiger partial charge is 0.352 e. The quantitative estimate of drug-likeness (QED) is 0.817. The Morgan fingerprint density at radius 2 is 2.47 bits per heavy atom. The zero-order valence-electron chi connectivity index (χ0n) is 8.89. The molecule has 1 aromatic heterocycles. The molecule has 4 nitrogen and oxygen atoms in total. The van der Waals surface area contributed by atoms with Crippen molar-refractivity contribution in [2.75, 3.05) is 19.6 Å². The Bertz CT molecular complexity index is 359. The minimum atomic E-state index is -0.838. The molecule has 1 aliphatic rings. The Kier molecular flexibility index (Phi) is 2.77. The molecule has 1 unspecified atom stereocenters. The number of hydrogen-bond acceptors (Lipinski definition) is 2. The molecule has 0 bridgehead atoms. The fourth-order valence-corrected chi connectivity index (χ4v) is 2.22. The molecular formula is C11H16N2O2. The zero-order valence-corrected chi connectivity index (χ0v) is 8.89. The molecule has 0 amide bonds. The number of likely N-dealkylation sites (tertiary alicyclic amines) is 1. The first-order valence-corrected chi connectivity index (χ1v) is 5.35. The van der Waals surface area contributed by atoms with E-state index in [1.54, 1.807) is 12.1 Å². The maximum Gasteiger partial charge on any atom is 0.352 e. The van der Waals surface area contributed by atoms with Crippen LogP contribution >= 0.6 is 0 Å². The van der Waals surface area contributed by atoms with Crippen LogP contribution in [-0.2, 0) is 0 Å². The lowest BCUT2D eigenvalue weighted by Crippen LogP contribution is -2.22. The lowest BCUT2D eigenvalue weighted by molar-refractivity contribution is 0.0682. The number of likely N-dealkylation sites (N-methyl/N-ethyl adjacent to an activating group) is 1. The Balaban J connectivity index is 2.16. The molecule has 0 saturated carbocycles. The number of carboxylic acid groups (broad SMARTS) is 1. The van der Waals surface area contributed by atoms with E-state index in [4.69, 9.17) is 5.11 Å². The van der Waals surface area contributed by atoms with Gasteiger partial charge in [-0.15, -0.1) is 0 Å². The highest BCUT2D eigenvalue weighted by atomic mass is 16.4. The summed E-state index contributed by atoms with van der Waals surface area (Å²) in [4.78, 5) is 13.3. The second kappa shape index (κ2) is 4.06. The van der Waals surface area contributed by atoms with E-state index in [9.17, 15) is 4.79 Å². The minimum absolute atomic E-state index is 0.325. The molecule has 1 saturated heterocycles. The summed E-state index contributed by atoms with van der Waals surface area (Å²) in [7, 11) is 0. The average molecular weight is 208 g/mol. The van der Waals surface area contributed by atoms with Crippen LogP contribution in [0.4, 0.5) is 0 Å². The van der Waals surface area contributed by atoms with Gasteiger partial charge < -0.3 is 14.6 Å². The predicted octanol–water partition coefficient (Wildman–Crippen LogP) is 1.45. The second-order valence-corrected chi connectivity index (χ2v) is 3.94. The van der Waals surface area contributed by atoms with Crippen LogP contribution in [0.3, 0.4) is 0 Å². The van der Waals surface area contributed by atoms with Gasteiger partial charge in [-0.1, -0.05) is 6.92 Å². The number of nitrogens with zero attached hydrogens (tertiary/aromatic N) is 2. The van der Waals surface area contributed by atoms with E-state index in [-0.39, 0.29) is 0 Å². The van der Waals surface area contributed by atoms with Gasteiger partial charge in [-0.2, -0.15) is 0 Å². The van der Waals surface area contributed by atoms with Gasteiger partial charge in [0.15, 0.2) is 0 Å². The lowest BCUT2D eigenvalue weighted by atomic mass is 10.2. The molecule has 2 rings (SSSR count). The molecule has 0 radical (unpaired) electrons. The van der Waals surface area contributed by atoms with Crippen molar-refractivity contribution < 1.29 is 9.90 Å². The first-order chi connectivity index (χ1) is 7.22. The SMILES string of the molecule is CCN1CCC(n2cccc2C(=O)O)C1. The van der Waals surface area contributed by atoms with Gasteiger partial charge in [0.2, 0.25) is 0 Å². The van der Waals surface area contributed by atoms with Gasteiger partial charge in [0.25, 0.3) is 0 Å². The molecule has 0 spiro atoms. The number of aromatic nitrogens is 1. The van der Waals surface area contributed by atoms with Gasteiger partial charge in [-0.25, -0.2) is 4.79 Å². The van der Waals surface area contributed by atoms with Crippen molar-refractivity contribution in [2.45, 2.75) is 19.4 Å². The number of aromatic carboxylic acids is 1. The summed E-state index contributed by atoms with van der Waals surface area (Å²) >= 11 is 0. The summed E-state index contributed by atoms with van der Waals surface area (Å²) in [5.74, 6) is -0.838. The summed E-state index contributed by atoms with van der Waals surface area (Å²) in [6, 6.07) is 3.79. The second-order valence-electron chi connectivity index (χ2n) is 3.94. The Morgan fingerprint density at radius 3 is 3.07 bits per heavy atom. The summed E-state index contributed by atoms with van der Waals surface area (Å²) in [5.41, 5.74) is 0.401. The van der Waals surface area contributed by atoms with Crippen LogP contribution in [0.2, 0.25) is 0 Å². The third-order valence-corrected chi connectivity index (χ3v) is 3.09. The molecule has 15 heavy (non-hydrogen) atoms. The topological polar surface area (TPSA) is 45.5 Å². The molecule has 4 heteroatoms. The first kappa shape index (κ1) is 10.2. The van der Waals surface area contributed by atoms with Crippen LogP contribution in [0.5, 0.6) is 0 Å². The van der Waals surface area contributed by atoms with Crippen LogP contribution in [0.1, 0.15) is 29.9 Å². The van der Waals surface area contributed by atoms with Crippen molar-refractivity contribution in [2.24, 2.45) is 0 Å². The van der Waals surface area contributed by atoms with E-state index >= 15 is 0 Å². The van der Waals surface area contributed by atoms with E-state index in [2.05, 4.69) is 11.8 Å². The Morgan fingerprint density at radius 1 is 1.67 bits per heavy atom. The van der Waals surface area contributed by atoms with Crippen molar-refractivity contribution in [1.82, 2.24) is 9.47 Å². The molecule has 1 atom stereocenters. The van der Waals surface area contributed by atoms with Gasteiger partial charge in [-0.05, 0) is 25.1 Å². The monoisotopic (exact) mass is 208 g/mol. The average Bonchev–Trinajstić information content (AvgIpc) is 2.85. The van der Waals surface area contributed by atoms with Crippen molar-refractivity contribution in [3.05, 3.63) is 24.0 Å². The molecule has 1 aromatic rings. The van der Waals surface area contributed by atoms with E-state index < -0.39 is 5.97 Å². The highest BCUT2D eigenvalue weighted by Crippen LogP contribution is 2.23. The summed E-state index contributed by atoms with van der Waals surface area (Å²) in [6.07, 6.45) is 2.91. The van der Waals surface area contributed by atoms with E-state index in [0.717, 1.165) is 26.1 Å². The summed E-state index contributed by atoms with van der Waals surface area (Å²) in [6.45, 7) is 5.21. The van der Waals surface area contributed by atoms with Crippen LogP contribution < -0.4 is 0 Å². The van der Waals surface area contributed by atoms with Gasteiger partial charge >= 0.3 is 5.97 Å². The number of rotatable bonds is 3. The Hall–Kier alpha value is -1.29. The van der Waals surface area contributed by atoms with Crippen molar-refractivity contribution in [3.8, 4) is 0 Å². The van der Waals surface area contributed by atoms with E-state index in [1.165, 1.54) is 0 Å². The lowest BCUT2D eigenvalue weighted by Gasteiger charge is -2.16. The molecule has 82 valence electrons. The molecule has 0 aliphatic carbocycles. The number of hydrogen-bond donors (Lipinski definition) is 1. The van der Waals surface area contributed by atoms with Gasteiger partial charge in [0.1, 0.15) is 5.69 Å². The van der Waals surface area contributed by atoms with Crippen LogP contribution in [0.25, 0.3) is 0 Å². The first-order valence-electron chi connectivity index (χ1n) is 5.35. The maximum absolute atomic E-state index is 11.0. The zero-order chi connectivity index (χ0) is 10.8. The highest BCUT2D eigenvalue weighted by molar-refractivity contribution is 5.85. The predicted molar refractivity (Wildman–Crippen MR) is 57.2 cm³/mol. The van der Waals surface area contributed by atoms with Crippen molar-refractivity contribution >= 4 is 5.97 Å².